The molecular weight excluding hydrogens is 468 g/mol. The summed E-state index contributed by atoms with van der Waals surface area (Å²) in [4.78, 5) is 5.22. The van der Waals surface area contributed by atoms with E-state index in [2.05, 4.69) is 0 Å². The van der Waals surface area contributed by atoms with Crippen molar-refractivity contribution >= 4 is 52.1 Å². The van der Waals surface area contributed by atoms with Crippen molar-refractivity contribution in [3.63, 3.8) is 0 Å². The van der Waals surface area contributed by atoms with Crippen molar-refractivity contribution in [1.82, 2.24) is 0 Å². The molecule has 0 heterocycles. The molecule has 0 unspecified atom stereocenters. The molecule has 0 fully saturated rings. The highest BCUT2D eigenvalue weighted by Gasteiger charge is 2.17. The second-order valence-electron chi connectivity index (χ2n) is 7.00. The third-order valence-electron chi connectivity index (χ3n) is 4.87. The minimum atomic E-state index is -0.254. The van der Waals surface area contributed by atoms with Crippen LogP contribution in [0.3, 0.4) is 0 Å². The van der Waals surface area contributed by atoms with Gasteiger partial charge in [0.2, 0.25) is 0 Å². The van der Waals surface area contributed by atoms with Gasteiger partial charge in [-0.05, 0) is 59.7 Å². The van der Waals surface area contributed by atoms with Crippen molar-refractivity contribution < 1.29 is 0 Å². The van der Waals surface area contributed by atoms with Gasteiger partial charge >= 0.3 is 0 Å². The molecule has 0 saturated carbocycles. The standard InChI is InChI=1S/C26H17Cl4N/c27-21-9-1-17(2-10-21)25(18-3-11-22(28)12-4-18)31-26(19-5-13-23(29)14-6-19)20-7-15-24(30)16-8-20/h1-16,25H. The quantitative estimate of drug-likeness (QED) is 0.250. The molecule has 0 aliphatic rings. The first-order valence-corrected chi connectivity index (χ1v) is 11.1. The van der Waals surface area contributed by atoms with E-state index in [1.807, 2.05) is 97.1 Å². The normalized spacial score (nSPS) is 10.9. The fraction of sp³-hybridized carbons (Fsp3) is 0.0385. The summed E-state index contributed by atoms with van der Waals surface area (Å²) in [7, 11) is 0. The van der Waals surface area contributed by atoms with E-state index in [1.54, 1.807) is 0 Å². The number of hydrogen-bond acceptors (Lipinski definition) is 1. The van der Waals surface area contributed by atoms with Gasteiger partial charge in [-0.2, -0.15) is 0 Å². The lowest BCUT2D eigenvalue weighted by molar-refractivity contribution is 0.873. The van der Waals surface area contributed by atoms with Crippen molar-refractivity contribution in [2.24, 2.45) is 4.99 Å². The zero-order chi connectivity index (χ0) is 21.8. The van der Waals surface area contributed by atoms with Crippen LogP contribution in [0.2, 0.25) is 20.1 Å². The lowest BCUT2D eigenvalue weighted by Gasteiger charge is -2.18. The second kappa shape index (κ2) is 9.89. The molecule has 31 heavy (non-hydrogen) atoms. The predicted octanol–water partition coefficient (Wildman–Crippen LogP) is 8.93. The molecule has 154 valence electrons. The number of hydrogen-bond donors (Lipinski definition) is 0. The summed E-state index contributed by atoms with van der Waals surface area (Å²) in [5, 5.41) is 2.70. The first-order valence-electron chi connectivity index (χ1n) is 9.60. The first kappa shape index (κ1) is 21.9. The summed E-state index contributed by atoms with van der Waals surface area (Å²) in [6.07, 6.45) is 0. The Morgan fingerprint density at radius 3 is 1.06 bits per heavy atom. The van der Waals surface area contributed by atoms with Gasteiger partial charge < -0.3 is 0 Å². The monoisotopic (exact) mass is 483 g/mol. The molecule has 0 aliphatic heterocycles. The highest BCUT2D eigenvalue weighted by atomic mass is 35.5. The molecule has 4 aromatic carbocycles. The Morgan fingerprint density at radius 2 is 0.742 bits per heavy atom. The molecule has 4 rings (SSSR count). The Morgan fingerprint density at radius 1 is 0.452 bits per heavy atom. The van der Waals surface area contributed by atoms with Crippen LogP contribution in [-0.2, 0) is 0 Å². The summed E-state index contributed by atoms with van der Waals surface area (Å²) in [5.41, 5.74) is 4.79. The molecule has 0 aromatic heterocycles. The topological polar surface area (TPSA) is 12.4 Å². The number of halogens is 4. The minimum absolute atomic E-state index is 0.254. The third kappa shape index (κ3) is 5.50. The molecule has 0 spiro atoms. The van der Waals surface area contributed by atoms with Gasteiger partial charge in [-0.1, -0.05) is 94.9 Å². The van der Waals surface area contributed by atoms with Crippen LogP contribution in [0.15, 0.2) is 102 Å². The van der Waals surface area contributed by atoms with E-state index in [-0.39, 0.29) is 6.04 Å². The van der Waals surface area contributed by atoms with Crippen molar-refractivity contribution in [3.05, 3.63) is 139 Å². The predicted molar refractivity (Wildman–Crippen MR) is 133 cm³/mol. The van der Waals surface area contributed by atoms with Crippen LogP contribution in [0, 0.1) is 0 Å². The van der Waals surface area contributed by atoms with Gasteiger partial charge in [-0.15, -0.1) is 0 Å². The molecule has 0 atom stereocenters. The smallest absolute Gasteiger partial charge is 0.101 e. The van der Waals surface area contributed by atoms with E-state index in [4.69, 9.17) is 51.4 Å². The summed E-state index contributed by atoms with van der Waals surface area (Å²) in [5.74, 6) is 0. The average molecular weight is 485 g/mol. The van der Waals surface area contributed by atoms with Crippen molar-refractivity contribution in [2.75, 3.05) is 0 Å². The van der Waals surface area contributed by atoms with E-state index < -0.39 is 0 Å². The van der Waals surface area contributed by atoms with Crippen molar-refractivity contribution in [2.45, 2.75) is 6.04 Å². The lowest BCUT2D eigenvalue weighted by atomic mass is 9.97. The van der Waals surface area contributed by atoms with Gasteiger partial charge in [-0.25, -0.2) is 0 Å². The molecule has 0 N–H and O–H groups in total. The SMILES string of the molecule is Clc1ccc(C(=NC(c2ccc(Cl)cc2)c2ccc(Cl)cc2)c2ccc(Cl)cc2)cc1. The van der Waals surface area contributed by atoms with Gasteiger partial charge in [0.05, 0.1) is 5.71 Å². The summed E-state index contributed by atoms with van der Waals surface area (Å²) in [6.45, 7) is 0. The highest BCUT2D eigenvalue weighted by Crippen LogP contribution is 2.30. The van der Waals surface area contributed by atoms with Gasteiger partial charge in [0.15, 0.2) is 0 Å². The molecule has 4 aromatic rings. The third-order valence-corrected chi connectivity index (χ3v) is 5.87. The van der Waals surface area contributed by atoms with E-state index in [9.17, 15) is 0 Å². The maximum atomic E-state index is 6.13. The fourth-order valence-corrected chi connectivity index (χ4v) is 3.80. The fourth-order valence-electron chi connectivity index (χ4n) is 3.29. The largest absolute Gasteiger partial charge is 0.271 e. The van der Waals surface area contributed by atoms with E-state index >= 15 is 0 Å². The molecular formula is C26H17Cl4N. The summed E-state index contributed by atoms with van der Waals surface area (Å²) < 4.78 is 0. The van der Waals surface area contributed by atoms with Crippen LogP contribution in [-0.4, -0.2) is 5.71 Å². The lowest BCUT2D eigenvalue weighted by Crippen LogP contribution is -2.08. The second-order valence-corrected chi connectivity index (χ2v) is 8.74. The first-order chi connectivity index (χ1) is 15.0. The molecule has 0 aliphatic carbocycles. The maximum Gasteiger partial charge on any atom is 0.101 e. The van der Waals surface area contributed by atoms with Gasteiger partial charge in [-0.3, -0.25) is 4.99 Å². The van der Waals surface area contributed by atoms with Crippen LogP contribution in [0.5, 0.6) is 0 Å². The van der Waals surface area contributed by atoms with E-state index in [1.165, 1.54) is 0 Å². The van der Waals surface area contributed by atoms with Gasteiger partial charge in [0.1, 0.15) is 6.04 Å². The zero-order valence-corrected chi connectivity index (χ0v) is 19.3. The molecule has 0 radical (unpaired) electrons. The molecule has 5 heteroatoms. The number of nitrogens with zero attached hydrogens (tertiary/aromatic N) is 1. The Bertz CT molecular complexity index is 1090. The van der Waals surface area contributed by atoms with Gasteiger partial charge in [0, 0.05) is 31.2 Å². The maximum absolute atomic E-state index is 6.13. The number of aliphatic imine (C=N–C) groups is 1. The van der Waals surface area contributed by atoms with E-state index in [0.717, 1.165) is 28.0 Å². The minimum Gasteiger partial charge on any atom is -0.271 e. The van der Waals surface area contributed by atoms with Crippen LogP contribution in [0.1, 0.15) is 28.3 Å². The molecule has 0 bridgehead atoms. The van der Waals surface area contributed by atoms with Crippen LogP contribution in [0.25, 0.3) is 0 Å². The Balaban J connectivity index is 1.91. The van der Waals surface area contributed by atoms with Crippen LogP contribution in [0.4, 0.5) is 0 Å². The van der Waals surface area contributed by atoms with Crippen molar-refractivity contribution in [3.8, 4) is 0 Å². The van der Waals surface area contributed by atoms with Gasteiger partial charge in [0.25, 0.3) is 0 Å². The Kier molecular flexibility index (Phi) is 6.99. The van der Waals surface area contributed by atoms with Crippen molar-refractivity contribution in [1.29, 1.82) is 0 Å². The Labute approximate surface area is 201 Å². The summed E-state index contributed by atoms with van der Waals surface area (Å²) in [6, 6.07) is 30.5. The Hall–Kier alpha value is -2.29. The average Bonchev–Trinajstić information content (AvgIpc) is 2.78. The highest BCUT2D eigenvalue weighted by molar-refractivity contribution is 6.31. The zero-order valence-electron chi connectivity index (χ0n) is 16.3. The van der Waals surface area contributed by atoms with Crippen LogP contribution >= 0.6 is 46.4 Å². The number of rotatable bonds is 5. The molecule has 0 saturated heterocycles. The molecule has 0 amide bonds. The van der Waals surface area contributed by atoms with E-state index in [0.29, 0.717) is 20.1 Å². The summed E-state index contributed by atoms with van der Waals surface area (Å²) >= 11 is 24.5. The number of benzene rings is 4. The van der Waals surface area contributed by atoms with Crippen LogP contribution < -0.4 is 0 Å². The molecule has 1 nitrogen and oxygen atoms in total.